The largest absolute Gasteiger partial charge is 0.361 e. The average Bonchev–Trinajstić information content (AvgIpc) is 3.35. The van der Waals surface area contributed by atoms with E-state index in [9.17, 15) is 0 Å². The predicted octanol–water partition coefficient (Wildman–Crippen LogP) is 5.66. The highest BCUT2D eigenvalue weighted by atomic mass is 32.1. The molecule has 0 aliphatic carbocycles. The molecule has 2 aromatic carbocycles. The molecule has 3 N–H and O–H groups in total. The molecule has 1 atom stereocenters. The molecular weight excluding hydrogens is 370 g/mol. The minimum Gasteiger partial charge on any atom is -0.361 e. The minimum atomic E-state index is 0.235. The molecule has 0 amide bonds. The van der Waals surface area contributed by atoms with Crippen molar-refractivity contribution in [3.8, 4) is 0 Å². The molecule has 136 valence electrons. The molecule has 0 radical (unpaired) electrons. The number of rotatable bonds is 5. The maximum Gasteiger partial charge on any atom is 0.170 e. The SMILES string of the molecule is Cc1ccc(NC(=S)NC[C@@H](c2cccs2)c2c[nH]c3ccccc23)cc1. The summed E-state index contributed by atoms with van der Waals surface area (Å²) in [4.78, 5) is 4.72. The lowest BCUT2D eigenvalue weighted by molar-refractivity contribution is 0.778. The van der Waals surface area contributed by atoms with Crippen molar-refractivity contribution in [2.45, 2.75) is 12.8 Å². The highest BCUT2D eigenvalue weighted by molar-refractivity contribution is 7.80. The van der Waals surface area contributed by atoms with Crippen LogP contribution in [-0.2, 0) is 0 Å². The van der Waals surface area contributed by atoms with Crippen LogP contribution in [-0.4, -0.2) is 16.6 Å². The lowest BCUT2D eigenvalue weighted by atomic mass is 9.97. The van der Waals surface area contributed by atoms with Gasteiger partial charge in [-0.2, -0.15) is 0 Å². The number of nitrogens with one attached hydrogen (secondary N) is 3. The van der Waals surface area contributed by atoms with Crippen LogP contribution in [0.4, 0.5) is 5.69 Å². The highest BCUT2D eigenvalue weighted by Gasteiger charge is 2.19. The van der Waals surface area contributed by atoms with Crippen LogP contribution < -0.4 is 10.6 Å². The zero-order valence-corrected chi connectivity index (χ0v) is 16.7. The first-order valence-corrected chi connectivity index (χ1v) is 10.2. The second kappa shape index (κ2) is 7.94. The number of aromatic amines is 1. The molecule has 0 spiro atoms. The van der Waals surface area contributed by atoms with E-state index in [1.165, 1.54) is 21.4 Å². The van der Waals surface area contributed by atoms with Crippen LogP contribution in [0.3, 0.4) is 0 Å². The van der Waals surface area contributed by atoms with E-state index in [1.54, 1.807) is 11.3 Å². The van der Waals surface area contributed by atoms with Gasteiger partial charge in [-0.25, -0.2) is 0 Å². The van der Waals surface area contributed by atoms with E-state index < -0.39 is 0 Å². The smallest absolute Gasteiger partial charge is 0.170 e. The summed E-state index contributed by atoms with van der Waals surface area (Å²) in [7, 11) is 0. The van der Waals surface area contributed by atoms with Crippen molar-refractivity contribution in [3.63, 3.8) is 0 Å². The predicted molar refractivity (Wildman–Crippen MR) is 120 cm³/mol. The molecule has 0 bridgehead atoms. The van der Waals surface area contributed by atoms with Crippen LogP contribution in [0.1, 0.15) is 21.9 Å². The summed E-state index contributed by atoms with van der Waals surface area (Å²) >= 11 is 7.29. The van der Waals surface area contributed by atoms with Gasteiger partial charge in [0.2, 0.25) is 0 Å². The van der Waals surface area contributed by atoms with E-state index in [4.69, 9.17) is 12.2 Å². The molecule has 0 saturated carbocycles. The minimum absolute atomic E-state index is 0.235. The molecule has 5 heteroatoms. The fourth-order valence-electron chi connectivity index (χ4n) is 3.24. The molecular formula is C22H21N3S2. The third-order valence-electron chi connectivity index (χ3n) is 4.66. The second-order valence-corrected chi connectivity index (χ2v) is 7.95. The Balaban J connectivity index is 1.52. The van der Waals surface area contributed by atoms with Crippen LogP contribution >= 0.6 is 23.6 Å². The number of hydrogen-bond donors (Lipinski definition) is 3. The molecule has 4 aromatic rings. The Morgan fingerprint density at radius 1 is 1.07 bits per heavy atom. The third-order valence-corrected chi connectivity index (χ3v) is 5.89. The maximum absolute atomic E-state index is 5.52. The van der Waals surface area contributed by atoms with Gasteiger partial charge < -0.3 is 15.6 Å². The summed E-state index contributed by atoms with van der Waals surface area (Å²) in [6.07, 6.45) is 2.12. The molecule has 4 rings (SSSR count). The number of benzene rings is 2. The van der Waals surface area contributed by atoms with E-state index in [0.717, 1.165) is 17.7 Å². The average molecular weight is 392 g/mol. The van der Waals surface area contributed by atoms with E-state index in [2.05, 4.69) is 82.6 Å². The molecule has 0 unspecified atom stereocenters. The summed E-state index contributed by atoms with van der Waals surface area (Å²) in [5, 5.41) is 10.7. The van der Waals surface area contributed by atoms with Crippen molar-refractivity contribution in [3.05, 3.63) is 88.2 Å². The van der Waals surface area contributed by atoms with E-state index in [0.29, 0.717) is 5.11 Å². The molecule has 0 aliphatic heterocycles. The number of thiocarbonyl (C=S) groups is 1. The number of fused-ring (bicyclic) bond motifs is 1. The Morgan fingerprint density at radius 3 is 2.67 bits per heavy atom. The van der Waals surface area contributed by atoms with Gasteiger partial charge in [-0.15, -0.1) is 11.3 Å². The van der Waals surface area contributed by atoms with Gasteiger partial charge in [0.15, 0.2) is 5.11 Å². The Hall–Kier alpha value is -2.63. The van der Waals surface area contributed by atoms with Crippen LogP contribution in [0.25, 0.3) is 10.9 Å². The molecule has 0 aliphatic rings. The summed E-state index contributed by atoms with van der Waals surface area (Å²) in [5.74, 6) is 0.235. The van der Waals surface area contributed by atoms with Crippen molar-refractivity contribution < 1.29 is 0 Å². The first-order chi connectivity index (χ1) is 13.2. The Labute approximate surface area is 168 Å². The Bertz CT molecular complexity index is 1030. The van der Waals surface area contributed by atoms with Crippen molar-refractivity contribution in [2.75, 3.05) is 11.9 Å². The summed E-state index contributed by atoms with van der Waals surface area (Å²) in [5.41, 5.74) is 4.68. The maximum atomic E-state index is 5.52. The number of para-hydroxylation sites is 1. The summed E-state index contributed by atoms with van der Waals surface area (Å²) in [6.45, 7) is 2.81. The van der Waals surface area contributed by atoms with Crippen LogP contribution in [0.15, 0.2) is 72.2 Å². The van der Waals surface area contributed by atoms with Gasteiger partial charge in [0, 0.05) is 40.1 Å². The van der Waals surface area contributed by atoms with Crippen LogP contribution in [0.5, 0.6) is 0 Å². The van der Waals surface area contributed by atoms with Gasteiger partial charge >= 0.3 is 0 Å². The van der Waals surface area contributed by atoms with E-state index >= 15 is 0 Å². The monoisotopic (exact) mass is 391 g/mol. The molecule has 0 fully saturated rings. The van der Waals surface area contributed by atoms with E-state index in [1.807, 2.05) is 12.1 Å². The van der Waals surface area contributed by atoms with Crippen LogP contribution in [0.2, 0.25) is 0 Å². The second-order valence-electron chi connectivity index (χ2n) is 6.56. The number of H-pyrrole nitrogens is 1. The quantitative estimate of drug-likeness (QED) is 0.385. The van der Waals surface area contributed by atoms with Gasteiger partial charge in [0.05, 0.1) is 0 Å². The fourth-order valence-corrected chi connectivity index (χ4v) is 4.29. The molecule has 2 heterocycles. The topological polar surface area (TPSA) is 39.8 Å². The van der Waals surface area contributed by atoms with Gasteiger partial charge in [0.25, 0.3) is 0 Å². The summed E-state index contributed by atoms with van der Waals surface area (Å²) < 4.78 is 0. The van der Waals surface area contributed by atoms with Crippen molar-refractivity contribution in [1.82, 2.24) is 10.3 Å². The Morgan fingerprint density at radius 2 is 1.89 bits per heavy atom. The van der Waals surface area contributed by atoms with Crippen molar-refractivity contribution in [2.24, 2.45) is 0 Å². The molecule has 27 heavy (non-hydrogen) atoms. The summed E-state index contributed by atoms with van der Waals surface area (Å²) in [6, 6.07) is 21.0. The standard InChI is InChI=1S/C22H21N3S2/c1-15-8-10-16(11-9-15)25-22(26)24-14-19(21-7-4-12-27-21)18-13-23-20-6-3-2-5-17(18)20/h2-13,19,23H,14H2,1H3,(H2,24,25,26)/t19-/m1/s1. The fraction of sp³-hybridized carbons (Fsp3) is 0.136. The normalized spacial score (nSPS) is 12.0. The van der Waals surface area contributed by atoms with Gasteiger partial charge in [-0.1, -0.05) is 42.0 Å². The zero-order valence-electron chi connectivity index (χ0n) is 15.0. The first kappa shape index (κ1) is 17.8. The third kappa shape index (κ3) is 4.04. The number of anilines is 1. The molecule has 0 saturated heterocycles. The number of hydrogen-bond acceptors (Lipinski definition) is 2. The van der Waals surface area contributed by atoms with Gasteiger partial charge in [-0.05, 0) is 54.4 Å². The van der Waals surface area contributed by atoms with Crippen molar-refractivity contribution >= 4 is 45.3 Å². The lowest BCUT2D eigenvalue weighted by Gasteiger charge is -2.18. The zero-order chi connectivity index (χ0) is 18.6. The number of thiophene rings is 1. The van der Waals surface area contributed by atoms with Gasteiger partial charge in [0.1, 0.15) is 0 Å². The van der Waals surface area contributed by atoms with Crippen LogP contribution in [0, 0.1) is 6.92 Å². The van der Waals surface area contributed by atoms with Crippen molar-refractivity contribution in [1.29, 1.82) is 0 Å². The molecule has 3 nitrogen and oxygen atoms in total. The molecule has 2 aromatic heterocycles. The first-order valence-electron chi connectivity index (χ1n) is 8.91. The Kier molecular flexibility index (Phi) is 5.23. The van der Waals surface area contributed by atoms with Gasteiger partial charge in [-0.3, -0.25) is 0 Å². The number of aryl methyl sites for hydroxylation is 1. The van der Waals surface area contributed by atoms with E-state index in [-0.39, 0.29) is 5.92 Å². The lowest BCUT2D eigenvalue weighted by Crippen LogP contribution is -2.32. The highest BCUT2D eigenvalue weighted by Crippen LogP contribution is 2.32. The number of aromatic nitrogens is 1.